The van der Waals surface area contributed by atoms with E-state index < -0.39 is 6.61 Å². The summed E-state index contributed by atoms with van der Waals surface area (Å²) in [6.45, 7) is -2.87. The molecule has 0 saturated heterocycles. The minimum Gasteiger partial charge on any atom is -0.435 e. The van der Waals surface area contributed by atoms with E-state index in [1.165, 1.54) is 24.3 Å². The van der Waals surface area contributed by atoms with Gasteiger partial charge in [-0.15, -0.1) is 0 Å². The molecule has 3 aromatic rings. The summed E-state index contributed by atoms with van der Waals surface area (Å²) in [7, 11) is 0. The Morgan fingerprint density at radius 1 is 0.815 bits per heavy atom. The fraction of sp³-hybridized carbons (Fsp3) is 0.136. The van der Waals surface area contributed by atoms with E-state index in [-0.39, 0.29) is 24.0 Å². The molecule has 0 spiro atoms. The Morgan fingerprint density at radius 2 is 1.33 bits per heavy atom. The van der Waals surface area contributed by atoms with Crippen LogP contribution in [0.4, 0.5) is 14.5 Å². The average Bonchev–Trinajstić information content (AvgIpc) is 2.69. The fourth-order valence-electron chi connectivity index (χ4n) is 2.92. The van der Waals surface area contributed by atoms with Crippen LogP contribution in [0.25, 0.3) is 0 Å². The second-order valence-electron chi connectivity index (χ2n) is 6.03. The van der Waals surface area contributed by atoms with Gasteiger partial charge in [-0.2, -0.15) is 8.78 Å². The van der Waals surface area contributed by atoms with Gasteiger partial charge >= 0.3 is 6.61 Å². The number of amides is 1. The SMILES string of the molecule is O=C(CC(c1ccccc1)c1ccccc1)Nc1ccc(OC(F)F)cc1. The van der Waals surface area contributed by atoms with Crippen LogP contribution in [-0.4, -0.2) is 12.5 Å². The first-order valence-corrected chi connectivity index (χ1v) is 8.56. The van der Waals surface area contributed by atoms with Gasteiger partial charge in [-0.05, 0) is 35.4 Å². The lowest BCUT2D eigenvalue weighted by Crippen LogP contribution is -2.16. The zero-order valence-electron chi connectivity index (χ0n) is 14.5. The topological polar surface area (TPSA) is 38.3 Å². The maximum absolute atomic E-state index is 12.6. The van der Waals surface area contributed by atoms with Crippen molar-refractivity contribution in [3.05, 3.63) is 96.1 Å². The number of anilines is 1. The molecular formula is C22H19F2NO2. The summed E-state index contributed by atoms with van der Waals surface area (Å²) >= 11 is 0. The van der Waals surface area contributed by atoms with Crippen molar-refractivity contribution in [2.45, 2.75) is 19.0 Å². The van der Waals surface area contributed by atoms with Gasteiger partial charge in [0.05, 0.1) is 0 Å². The van der Waals surface area contributed by atoms with Gasteiger partial charge in [0.15, 0.2) is 0 Å². The molecule has 0 unspecified atom stereocenters. The summed E-state index contributed by atoms with van der Waals surface area (Å²) in [5, 5.41) is 2.81. The fourth-order valence-corrected chi connectivity index (χ4v) is 2.92. The number of hydrogen-bond donors (Lipinski definition) is 1. The number of carbonyl (C=O) groups excluding carboxylic acids is 1. The smallest absolute Gasteiger partial charge is 0.387 e. The molecule has 0 aliphatic heterocycles. The molecule has 3 rings (SSSR count). The molecule has 0 saturated carbocycles. The Bertz CT molecular complexity index is 813. The van der Waals surface area contributed by atoms with E-state index in [2.05, 4.69) is 10.1 Å². The molecular weight excluding hydrogens is 348 g/mol. The van der Waals surface area contributed by atoms with Crippen LogP contribution in [0.2, 0.25) is 0 Å². The number of halogens is 2. The number of carbonyl (C=O) groups is 1. The molecule has 0 atom stereocenters. The second kappa shape index (κ2) is 8.94. The van der Waals surface area contributed by atoms with E-state index in [1.807, 2.05) is 60.7 Å². The number of alkyl halides is 2. The van der Waals surface area contributed by atoms with E-state index in [9.17, 15) is 13.6 Å². The Labute approximate surface area is 156 Å². The molecule has 3 nitrogen and oxygen atoms in total. The zero-order chi connectivity index (χ0) is 19.1. The van der Waals surface area contributed by atoms with Crippen LogP contribution in [-0.2, 0) is 4.79 Å². The van der Waals surface area contributed by atoms with Gasteiger partial charge < -0.3 is 10.1 Å². The van der Waals surface area contributed by atoms with Crippen molar-refractivity contribution in [1.29, 1.82) is 0 Å². The third kappa shape index (κ3) is 5.38. The highest BCUT2D eigenvalue weighted by Crippen LogP contribution is 2.28. The van der Waals surface area contributed by atoms with Gasteiger partial charge in [0.25, 0.3) is 0 Å². The first-order chi connectivity index (χ1) is 13.1. The van der Waals surface area contributed by atoms with Crippen molar-refractivity contribution in [1.82, 2.24) is 0 Å². The molecule has 0 aliphatic rings. The second-order valence-corrected chi connectivity index (χ2v) is 6.03. The summed E-state index contributed by atoms with van der Waals surface area (Å²) < 4.78 is 28.7. The van der Waals surface area contributed by atoms with E-state index in [0.29, 0.717) is 5.69 Å². The van der Waals surface area contributed by atoms with Gasteiger partial charge in [-0.1, -0.05) is 60.7 Å². The van der Waals surface area contributed by atoms with Gasteiger partial charge in [0, 0.05) is 18.0 Å². The van der Waals surface area contributed by atoms with Crippen molar-refractivity contribution in [3.8, 4) is 5.75 Å². The number of ether oxygens (including phenoxy) is 1. The average molecular weight is 367 g/mol. The third-order valence-electron chi connectivity index (χ3n) is 4.16. The largest absolute Gasteiger partial charge is 0.435 e. The highest BCUT2D eigenvalue weighted by Gasteiger charge is 2.18. The lowest BCUT2D eigenvalue weighted by atomic mass is 9.88. The number of nitrogens with one attached hydrogen (secondary N) is 1. The lowest BCUT2D eigenvalue weighted by Gasteiger charge is -2.18. The van der Waals surface area contributed by atoms with Crippen LogP contribution in [0.5, 0.6) is 5.75 Å². The van der Waals surface area contributed by atoms with Crippen molar-refractivity contribution in [3.63, 3.8) is 0 Å². The van der Waals surface area contributed by atoms with Gasteiger partial charge in [-0.25, -0.2) is 0 Å². The highest BCUT2D eigenvalue weighted by molar-refractivity contribution is 5.91. The predicted octanol–water partition coefficient (Wildman–Crippen LogP) is 5.45. The van der Waals surface area contributed by atoms with Crippen molar-refractivity contribution < 1.29 is 18.3 Å². The summed E-state index contributed by atoms with van der Waals surface area (Å²) in [6, 6.07) is 25.5. The summed E-state index contributed by atoms with van der Waals surface area (Å²) in [5.41, 5.74) is 2.64. The molecule has 5 heteroatoms. The molecule has 3 aromatic carbocycles. The summed E-state index contributed by atoms with van der Waals surface area (Å²) in [5.74, 6) is -0.182. The van der Waals surface area contributed by atoms with Crippen LogP contribution < -0.4 is 10.1 Å². The number of benzene rings is 3. The van der Waals surface area contributed by atoms with Crippen LogP contribution in [0.3, 0.4) is 0 Å². The molecule has 0 fully saturated rings. The lowest BCUT2D eigenvalue weighted by molar-refractivity contribution is -0.116. The zero-order valence-corrected chi connectivity index (χ0v) is 14.5. The molecule has 1 amide bonds. The van der Waals surface area contributed by atoms with Crippen LogP contribution in [0, 0.1) is 0 Å². The predicted molar refractivity (Wildman–Crippen MR) is 101 cm³/mol. The molecule has 27 heavy (non-hydrogen) atoms. The highest BCUT2D eigenvalue weighted by atomic mass is 19.3. The molecule has 1 N–H and O–H groups in total. The maximum Gasteiger partial charge on any atom is 0.387 e. The van der Waals surface area contributed by atoms with Crippen LogP contribution in [0.1, 0.15) is 23.5 Å². The maximum atomic E-state index is 12.6. The molecule has 0 heterocycles. The Balaban J connectivity index is 1.71. The molecule has 0 aliphatic carbocycles. The first-order valence-electron chi connectivity index (χ1n) is 8.56. The van der Waals surface area contributed by atoms with Crippen LogP contribution >= 0.6 is 0 Å². The minimum atomic E-state index is -2.87. The van der Waals surface area contributed by atoms with E-state index in [4.69, 9.17) is 0 Å². The third-order valence-corrected chi connectivity index (χ3v) is 4.16. The standard InChI is InChI=1S/C22H19F2NO2/c23-22(24)27-19-13-11-18(12-14-19)25-21(26)15-20(16-7-3-1-4-8-16)17-9-5-2-6-10-17/h1-14,20,22H,15H2,(H,25,26). The van der Waals surface area contributed by atoms with E-state index in [0.717, 1.165) is 11.1 Å². The summed E-state index contributed by atoms with van der Waals surface area (Å²) in [4.78, 5) is 12.6. The van der Waals surface area contributed by atoms with Crippen LogP contribution in [0.15, 0.2) is 84.9 Å². The van der Waals surface area contributed by atoms with Crippen molar-refractivity contribution >= 4 is 11.6 Å². The minimum absolute atomic E-state index is 0.0504. The molecule has 138 valence electrons. The Morgan fingerprint density at radius 3 is 1.81 bits per heavy atom. The Kier molecular flexibility index (Phi) is 6.15. The molecule has 0 aromatic heterocycles. The quantitative estimate of drug-likeness (QED) is 0.603. The van der Waals surface area contributed by atoms with Gasteiger partial charge in [0.2, 0.25) is 5.91 Å². The number of rotatable bonds is 7. The Hall–Kier alpha value is -3.21. The number of hydrogen-bond acceptors (Lipinski definition) is 2. The summed E-state index contributed by atoms with van der Waals surface area (Å²) in [6.07, 6.45) is 0.267. The van der Waals surface area contributed by atoms with E-state index >= 15 is 0 Å². The normalized spacial score (nSPS) is 10.8. The molecule has 0 radical (unpaired) electrons. The van der Waals surface area contributed by atoms with E-state index in [1.54, 1.807) is 0 Å². The monoisotopic (exact) mass is 367 g/mol. The first kappa shape index (κ1) is 18.6. The van der Waals surface area contributed by atoms with Gasteiger partial charge in [-0.3, -0.25) is 4.79 Å². The van der Waals surface area contributed by atoms with Crippen molar-refractivity contribution in [2.75, 3.05) is 5.32 Å². The van der Waals surface area contributed by atoms with Crippen molar-refractivity contribution in [2.24, 2.45) is 0 Å². The molecule has 0 bridgehead atoms. The van der Waals surface area contributed by atoms with Gasteiger partial charge in [0.1, 0.15) is 5.75 Å².